The van der Waals surface area contributed by atoms with Crippen LogP contribution in [0, 0.1) is 5.82 Å². The van der Waals surface area contributed by atoms with Gasteiger partial charge in [0.05, 0.1) is 0 Å². The fourth-order valence-electron chi connectivity index (χ4n) is 2.44. The zero-order valence-electron chi connectivity index (χ0n) is 13.3. The SMILES string of the molecule is CC(=O)c1ccc(F)c(-c2ccc(OCc3ccccc3)cc2)c1. The molecule has 0 fully saturated rings. The first-order valence-corrected chi connectivity index (χ1v) is 7.71. The van der Waals surface area contributed by atoms with Gasteiger partial charge in [-0.1, -0.05) is 42.5 Å². The highest BCUT2D eigenvalue weighted by molar-refractivity contribution is 5.95. The Kier molecular flexibility index (Phi) is 4.71. The van der Waals surface area contributed by atoms with Crippen LogP contribution in [0.3, 0.4) is 0 Å². The van der Waals surface area contributed by atoms with Crippen LogP contribution in [-0.2, 0) is 6.61 Å². The summed E-state index contributed by atoms with van der Waals surface area (Å²) in [6.45, 7) is 1.95. The second-order valence-corrected chi connectivity index (χ2v) is 5.55. The summed E-state index contributed by atoms with van der Waals surface area (Å²) in [6, 6.07) is 21.5. The quantitative estimate of drug-likeness (QED) is 0.598. The van der Waals surface area contributed by atoms with Crippen molar-refractivity contribution in [1.29, 1.82) is 0 Å². The number of ketones is 1. The van der Waals surface area contributed by atoms with Crippen molar-refractivity contribution in [2.75, 3.05) is 0 Å². The number of rotatable bonds is 5. The van der Waals surface area contributed by atoms with Crippen LogP contribution in [0.5, 0.6) is 5.75 Å². The van der Waals surface area contributed by atoms with Crippen LogP contribution < -0.4 is 4.74 Å². The Hall–Kier alpha value is -2.94. The van der Waals surface area contributed by atoms with Gasteiger partial charge in [0, 0.05) is 11.1 Å². The number of carbonyl (C=O) groups is 1. The Bertz CT molecular complexity index is 839. The van der Waals surface area contributed by atoms with Crippen LogP contribution in [-0.4, -0.2) is 5.78 Å². The van der Waals surface area contributed by atoms with E-state index in [4.69, 9.17) is 4.74 Å². The topological polar surface area (TPSA) is 26.3 Å². The van der Waals surface area contributed by atoms with E-state index >= 15 is 0 Å². The molecule has 120 valence electrons. The van der Waals surface area contributed by atoms with Gasteiger partial charge in [0.15, 0.2) is 5.78 Å². The van der Waals surface area contributed by atoms with Gasteiger partial charge in [-0.05, 0) is 48.4 Å². The minimum atomic E-state index is -0.349. The van der Waals surface area contributed by atoms with Crippen LogP contribution >= 0.6 is 0 Å². The standard InChI is InChI=1S/C21H17FO2/c1-15(23)18-9-12-21(22)20(13-18)17-7-10-19(11-8-17)24-14-16-5-3-2-4-6-16/h2-13H,14H2,1H3. The second-order valence-electron chi connectivity index (χ2n) is 5.55. The summed E-state index contributed by atoms with van der Waals surface area (Å²) in [4.78, 5) is 11.5. The Morgan fingerprint density at radius 2 is 1.67 bits per heavy atom. The predicted molar refractivity (Wildman–Crippen MR) is 92.6 cm³/mol. The Balaban J connectivity index is 1.77. The monoisotopic (exact) mass is 320 g/mol. The highest BCUT2D eigenvalue weighted by Crippen LogP contribution is 2.26. The molecular formula is C21H17FO2. The van der Waals surface area contributed by atoms with Crippen LogP contribution in [0.25, 0.3) is 11.1 Å². The molecular weight excluding hydrogens is 303 g/mol. The number of Topliss-reactive ketones (excluding diaryl/α,β-unsaturated/α-hetero) is 1. The Labute approximate surface area is 140 Å². The highest BCUT2D eigenvalue weighted by atomic mass is 19.1. The lowest BCUT2D eigenvalue weighted by Gasteiger charge is -2.09. The lowest BCUT2D eigenvalue weighted by atomic mass is 10.0. The van der Waals surface area contributed by atoms with Gasteiger partial charge in [0.1, 0.15) is 18.2 Å². The number of hydrogen-bond acceptors (Lipinski definition) is 2. The highest BCUT2D eigenvalue weighted by Gasteiger charge is 2.09. The van der Waals surface area contributed by atoms with Crippen molar-refractivity contribution in [3.63, 3.8) is 0 Å². The van der Waals surface area contributed by atoms with E-state index in [2.05, 4.69) is 0 Å². The number of halogens is 1. The number of hydrogen-bond donors (Lipinski definition) is 0. The van der Waals surface area contributed by atoms with Gasteiger partial charge in [0.25, 0.3) is 0 Å². The normalized spacial score (nSPS) is 10.4. The van der Waals surface area contributed by atoms with E-state index in [9.17, 15) is 9.18 Å². The average molecular weight is 320 g/mol. The van der Waals surface area contributed by atoms with Crippen molar-refractivity contribution in [2.45, 2.75) is 13.5 Å². The molecule has 0 N–H and O–H groups in total. The molecule has 0 radical (unpaired) electrons. The molecule has 3 aromatic rings. The van der Waals surface area contributed by atoms with Gasteiger partial charge in [-0.25, -0.2) is 4.39 Å². The molecule has 0 bridgehead atoms. The van der Waals surface area contributed by atoms with Crippen LogP contribution in [0.4, 0.5) is 4.39 Å². The van der Waals surface area contributed by atoms with Crippen molar-refractivity contribution >= 4 is 5.78 Å². The molecule has 2 nitrogen and oxygen atoms in total. The van der Waals surface area contributed by atoms with Crippen LogP contribution in [0.2, 0.25) is 0 Å². The van der Waals surface area contributed by atoms with Crippen LogP contribution in [0.15, 0.2) is 72.8 Å². The smallest absolute Gasteiger partial charge is 0.159 e. The minimum absolute atomic E-state index is 0.0842. The third kappa shape index (κ3) is 3.69. The molecule has 24 heavy (non-hydrogen) atoms. The average Bonchev–Trinajstić information content (AvgIpc) is 2.61. The molecule has 0 spiro atoms. The molecule has 0 amide bonds. The summed E-state index contributed by atoms with van der Waals surface area (Å²) >= 11 is 0. The molecule has 3 heteroatoms. The molecule has 0 saturated carbocycles. The summed E-state index contributed by atoms with van der Waals surface area (Å²) in [7, 11) is 0. The van der Waals surface area contributed by atoms with Crippen molar-refractivity contribution in [1.82, 2.24) is 0 Å². The molecule has 0 aliphatic carbocycles. The van der Waals surface area contributed by atoms with Gasteiger partial charge in [0.2, 0.25) is 0 Å². The van der Waals surface area contributed by atoms with E-state index < -0.39 is 0 Å². The molecule has 0 atom stereocenters. The first-order valence-electron chi connectivity index (χ1n) is 7.71. The first-order chi connectivity index (χ1) is 11.6. The summed E-state index contributed by atoms with van der Waals surface area (Å²) in [5, 5.41) is 0. The van der Waals surface area contributed by atoms with E-state index in [0.29, 0.717) is 29.0 Å². The van der Waals surface area contributed by atoms with Gasteiger partial charge >= 0.3 is 0 Å². The first kappa shape index (κ1) is 15.9. The van der Waals surface area contributed by atoms with Gasteiger partial charge in [-0.2, -0.15) is 0 Å². The van der Waals surface area contributed by atoms with Gasteiger partial charge in [-0.15, -0.1) is 0 Å². The maximum absolute atomic E-state index is 14.0. The van der Waals surface area contributed by atoms with E-state index in [1.807, 2.05) is 30.3 Å². The fourth-order valence-corrected chi connectivity index (χ4v) is 2.44. The third-order valence-electron chi connectivity index (χ3n) is 3.79. The summed E-state index contributed by atoms with van der Waals surface area (Å²) in [5.74, 6) is 0.280. The zero-order valence-corrected chi connectivity index (χ0v) is 13.3. The molecule has 0 aliphatic heterocycles. The minimum Gasteiger partial charge on any atom is -0.489 e. The molecule has 0 saturated heterocycles. The van der Waals surface area contributed by atoms with E-state index in [0.717, 1.165) is 5.56 Å². The van der Waals surface area contributed by atoms with Gasteiger partial charge < -0.3 is 4.74 Å². The lowest BCUT2D eigenvalue weighted by molar-refractivity contribution is 0.101. The number of carbonyl (C=O) groups excluding carboxylic acids is 1. The van der Waals surface area contributed by atoms with E-state index in [1.54, 1.807) is 30.3 Å². The maximum atomic E-state index is 14.0. The van der Waals surface area contributed by atoms with Crippen molar-refractivity contribution in [2.24, 2.45) is 0 Å². The Morgan fingerprint density at radius 1 is 0.958 bits per heavy atom. The molecule has 3 rings (SSSR count). The second kappa shape index (κ2) is 7.09. The van der Waals surface area contributed by atoms with E-state index in [-0.39, 0.29) is 11.6 Å². The largest absolute Gasteiger partial charge is 0.489 e. The maximum Gasteiger partial charge on any atom is 0.159 e. The summed E-state index contributed by atoms with van der Waals surface area (Å²) < 4.78 is 19.8. The lowest BCUT2D eigenvalue weighted by Crippen LogP contribution is -1.96. The molecule has 0 aromatic heterocycles. The molecule has 0 heterocycles. The molecule has 3 aromatic carbocycles. The van der Waals surface area contributed by atoms with Crippen molar-refractivity contribution in [3.8, 4) is 16.9 Å². The van der Waals surface area contributed by atoms with Crippen LogP contribution in [0.1, 0.15) is 22.8 Å². The van der Waals surface area contributed by atoms with E-state index in [1.165, 1.54) is 19.1 Å². The summed E-state index contributed by atoms with van der Waals surface area (Å²) in [6.07, 6.45) is 0. The van der Waals surface area contributed by atoms with Gasteiger partial charge in [-0.3, -0.25) is 4.79 Å². The predicted octanol–water partition coefficient (Wildman–Crippen LogP) is 5.27. The zero-order chi connectivity index (χ0) is 16.9. The van der Waals surface area contributed by atoms with Crippen molar-refractivity contribution < 1.29 is 13.9 Å². The molecule has 0 aliphatic rings. The molecule has 0 unspecified atom stereocenters. The van der Waals surface area contributed by atoms with Crippen molar-refractivity contribution in [3.05, 3.63) is 89.7 Å². The summed E-state index contributed by atoms with van der Waals surface area (Å²) in [5.41, 5.74) is 2.71. The number of benzene rings is 3. The number of ether oxygens (including phenoxy) is 1. The fraction of sp³-hybridized carbons (Fsp3) is 0.0952. The third-order valence-corrected chi connectivity index (χ3v) is 3.79. The Morgan fingerprint density at radius 3 is 2.33 bits per heavy atom.